The van der Waals surface area contributed by atoms with E-state index in [1.54, 1.807) is 24.1 Å². The molecule has 3 rings (SSSR count). The van der Waals surface area contributed by atoms with Gasteiger partial charge in [0.1, 0.15) is 10.5 Å². The SMILES string of the molecule is CC.COC(=O)C1(SN2CCC(COCc3ccc(OC(F)(F)F)cc3)CC2)CCOCC1. The molecule has 2 fully saturated rings. The Hall–Kier alpha value is -1.49. The first-order chi connectivity index (χ1) is 15.8. The van der Waals surface area contributed by atoms with Crippen molar-refractivity contribution in [1.29, 1.82) is 0 Å². The van der Waals surface area contributed by atoms with Crippen LogP contribution in [0.3, 0.4) is 0 Å². The van der Waals surface area contributed by atoms with E-state index in [-0.39, 0.29) is 11.7 Å². The summed E-state index contributed by atoms with van der Waals surface area (Å²) in [5.74, 6) is -0.0123. The van der Waals surface area contributed by atoms with E-state index in [9.17, 15) is 18.0 Å². The van der Waals surface area contributed by atoms with Gasteiger partial charge < -0.3 is 18.9 Å². The number of methoxy groups -OCH3 is 1. The van der Waals surface area contributed by atoms with Gasteiger partial charge in [-0.15, -0.1) is 13.2 Å². The zero-order chi connectivity index (χ0) is 24.3. The first-order valence-electron chi connectivity index (χ1n) is 11.3. The third kappa shape index (κ3) is 8.99. The van der Waals surface area contributed by atoms with Gasteiger partial charge in [-0.1, -0.05) is 37.9 Å². The molecule has 2 aliphatic rings. The average Bonchev–Trinajstić information content (AvgIpc) is 2.82. The van der Waals surface area contributed by atoms with Gasteiger partial charge in [-0.05, 0) is 49.3 Å². The normalized spacial score (nSPS) is 19.3. The van der Waals surface area contributed by atoms with E-state index in [0.717, 1.165) is 31.5 Å². The Balaban J connectivity index is 0.00000187. The van der Waals surface area contributed by atoms with Crippen molar-refractivity contribution in [2.24, 2.45) is 5.92 Å². The van der Waals surface area contributed by atoms with Crippen molar-refractivity contribution in [1.82, 2.24) is 4.31 Å². The lowest BCUT2D eigenvalue weighted by atomic mass is 9.99. The lowest BCUT2D eigenvalue weighted by molar-refractivity contribution is -0.274. The number of hydrogen-bond acceptors (Lipinski definition) is 7. The van der Waals surface area contributed by atoms with Crippen LogP contribution in [0.1, 0.15) is 45.1 Å². The van der Waals surface area contributed by atoms with Gasteiger partial charge in [0.05, 0.1) is 13.7 Å². The van der Waals surface area contributed by atoms with Gasteiger partial charge in [0.15, 0.2) is 0 Å². The molecule has 0 N–H and O–H groups in total. The zero-order valence-electron chi connectivity index (χ0n) is 19.5. The second kappa shape index (κ2) is 13.4. The fourth-order valence-corrected chi connectivity index (χ4v) is 5.16. The monoisotopic (exact) mass is 493 g/mol. The van der Waals surface area contributed by atoms with E-state index in [1.807, 2.05) is 13.8 Å². The fraction of sp³-hybridized carbons (Fsp3) is 0.696. The van der Waals surface area contributed by atoms with Crippen molar-refractivity contribution >= 4 is 17.9 Å². The summed E-state index contributed by atoms with van der Waals surface area (Å²) >= 11 is 1.60. The molecule has 1 aromatic carbocycles. The highest BCUT2D eigenvalue weighted by Gasteiger charge is 2.44. The summed E-state index contributed by atoms with van der Waals surface area (Å²) in [6.07, 6.45) is -1.47. The molecule has 0 aromatic heterocycles. The molecule has 0 aliphatic carbocycles. The van der Waals surface area contributed by atoms with Gasteiger partial charge in [0.2, 0.25) is 0 Å². The van der Waals surface area contributed by atoms with E-state index in [4.69, 9.17) is 14.2 Å². The van der Waals surface area contributed by atoms with Crippen LogP contribution < -0.4 is 4.74 Å². The van der Waals surface area contributed by atoms with Gasteiger partial charge in [0.25, 0.3) is 0 Å². The molecule has 0 spiro atoms. The maximum atomic E-state index is 12.4. The van der Waals surface area contributed by atoms with E-state index < -0.39 is 11.1 Å². The number of carbonyl (C=O) groups is 1. The topological polar surface area (TPSA) is 57.2 Å². The molecule has 2 heterocycles. The summed E-state index contributed by atoms with van der Waals surface area (Å²) < 4.78 is 58.4. The van der Waals surface area contributed by atoms with Crippen LogP contribution in [0.5, 0.6) is 5.75 Å². The third-order valence-corrected chi connectivity index (χ3v) is 7.06. The van der Waals surface area contributed by atoms with Crippen LogP contribution in [0, 0.1) is 5.92 Å². The smallest absolute Gasteiger partial charge is 0.468 e. The molecule has 10 heteroatoms. The van der Waals surface area contributed by atoms with Gasteiger partial charge in [0, 0.05) is 32.9 Å². The molecule has 0 unspecified atom stereocenters. The Bertz CT molecular complexity index is 703. The van der Waals surface area contributed by atoms with E-state index >= 15 is 0 Å². The van der Waals surface area contributed by atoms with Crippen LogP contribution in [0.25, 0.3) is 0 Å². The number of halogens is 3. The summed E-state index contributed by atoms with van der Waals surface area (Å²) in [5, 5.41) is 0. The molecule has 2 aliphatic heterocycles. The quantitative estimate of drug-likeness (QED) is 0.364. The summed E-state index contributed by atoms with van der Waals surface area (Å²) in [6, 6.07) is 5.71. The highest BCUT2D eigenvalue weighted by atomic mass is 32.2. The Kier molecular flexibility index (Phi) is 11.3. The fourth-order valence-electron chi connectivity index (χ4n) is 3.76. The molecule has 33 heavy (non-hydrogen) atoms. The number of ether oxygens (including phenoxy) is 4. The van der Waals surface area contributed by atoms with Gasteiger partial charge in [-0.3, -0.25) is 4.79 Å². The molecule has 0 bridgehead atoms. The van der Waals surface area contributed by atoms with Crippen LogP contribution in [-0.2, 0) is 25.6 Å². The van der Waals surface area contributed by atoms with E-state index in [2.05, 4.69) is 9.04 Å². The summed E-state index contributed by atoms with van der Waals surface area (Å²) in [5.41, 5.74) is 0.794. The zero-order valence-corrected chi connectivity index (χ0v) is 20.3. The molecular formula is C23H34F3NO5S. The summed E-state index contributed by atoms with van der Waals surface area (Å²) in [6.45, 7) is 7.79. The number of benzene rings is 1. The van der Waals surface area contributed by atoms with Crippen LogP contribution in [0.4, 0.5) is 13.2 Å². The predicted octanol–water partition coefficient (Wildman–Crippen LogP) is 5.21. The second-order valence-corrected chi connectivity index (χ2v) is 9.25. The maximum Gasteiger partial charge on any atom is 0.573 e. The second-order valence-electron chi connectivity index (χ2n) is 7.77. The van der Waals surface area contributed by atoms with Gasteiger partial charge in [-0.25, -0.2) is 4.31 Å². The third-order valence-electron chi connectivity index (χ3n) is 5.51. The predicted molar refractivity (Wildman–Crippen MR) is 121 cm³/mol. The Morgan fingerprint density at radius 2 is 1.76 bits per heavy atom. The molecule has 6 nitrogen and oxygen atoms in total. The summed E-state index contributed by atoms with van der Waals surface area (Å²) in [4.78, 5) is 12.4. The van der Waals surface area contributed by atoms with Crippen molar-refractivity contribution in [3.63, 3.8) is 0 Å². The highest BCUT2D eigenvalue weighted by molar-refractivity contribution is 7.99. The maximum absolute atomic E-state index is 12.4. The van der Waals surface area contributed by atoms with Crippen molar-refractivity contribution in [2.45, 2.75) is 57.2 Å². The lowest BCUT2D eigenvalue weighted by Gasteiger charge is -2.40. The van der Waals surface area contributed by atoms with Crippen LogP contribution in [0.2, 0.25) is 0 Å². The van der Waals surface area contributed by atoms with Crippen molar-refractivity contribution in [3.8, 4) is 5.75 Å². The molecule has 2 saturated heterocycles. The van der Waals surface area contributed by atoms with Crippen molar-refractivity contribution < 1.29 is 36.9 Å². The van der Waals surface area contributed by atoms with Crippen LogP contribution in [0.15, 0.2) is 24.3 Å². The molecular weight excluding hydrogens is 459 g/mol. The van der Waals surface area contributed by atoms with Crippen molar-refractivity contribution in [3.05, 3.63) is 29.8 Å². The minimum absolute atomic E-state index is 0.182. The van der Waals surface area contributed by atoms with E-state index in [0.29, 0.717) is 45.2 Å². The van der Waals surface area contributed by atoms with Gasteiger partial charge >= 0.3 is 12.3 Å². The largest absolute Gasteiger partial charge is 0.573 e. The molecule has 0 radical (unpaired) electrons. The number of esters is 1. The number of nitrogens with zero attached hydrogens (tertiary/aromatic N) is 1. The van der Waals surface area contributed by atoms with E-state index in [1.165, 1.54) is 19.2 Å². The first-order valence-corrected chi connectivity index (χ1v) is 12.1. The average molecular weight is 494 g/mol. The number of piperidine rings is 1. The van der Waals surface area contributed by atoms with Gasteiger partial charge in [-0.2, -0.15) is 0 Å². The molecule has 1 aromatic rings. The number of carbonyl (C=O) groups excluding carboxylic acids is 1. The van der Waals surface area contributed by atoms with Crippen LogP contribution >= 0.6 is 11.9 Å². The molecule has 0 saturated carbocycles. The lowest BCUT2D eigenvalue weighted by Crippen LogP contribution is -2.46. The minimum atomic E-state index is -4.69. The minimum Gasteiger partial charge on any atom is -0.468 e. The molecule has 0 atom stereocenters. The first kappa shape index (κ1) is 27.8. The standard InChI is InChI=1S/C21H28F3NO5S.C2H6/c1-27-19(26)20(8-12-28-13-9-20)31-25-10-6-17(7-11-25)15-29-14-16-2-4-18(5-3-16)30-21(22,23)24;1-2/h2-5,17H,6-15H2,1H3;1-2H3. The molecule has 0 amide bonds. The highest BCUT2D eigenvalue weighted by Crippen LogP contribution is 2.40. The van der Waals surface area contributed by atoms with Crippen molar-refractivity contribution in [2.75, 3.05) is 40.0 Å². The molecule has 188 valence electrons. The number of alkyl halides is 3. The Labute approximate surface area is 198 Å². The Morgan fingerprint density at radius 3 is 2.30 bits per heavy atom. The number of rotatable bonds is 8. The Morgan fingerprint density at radius 1 is 1.15 bits per heavy atom. The summed E-state index contributed by atoms with van der Waals surface area (Å²) in [7, 11) is 1.43. The number of hydrogen-bond donors (Lipinski definition) is 0. The van der Waals surface area contributed by atoms with Crippen LogP contribution in [-0.4, -0.2) is 61.4 Å².